The van der Waals surface area contributed by atoms with Crippen molar-refractivity contribution in [3.63, 3.8) is 0 Å². The molecular formula is C26H32N6O8S2. The number of sulfonamides is 1. The van der Waals surface area contributed by atoms with E-state index in [1.165, 1.54) is 49.9 Å². The van der Waals surface area contributed by atoms with Gasteiger partial charge in [-0.1, -0.05) is 6.07 Å². The van der Waals surface area contributed by atoms with E-state index in [0.717, 1.165) is 11.3 Å². The van der Waals surface area contributed by atoms with Crippen LogP contribution in [0.15, 0.2) is 58.8 Å². The number of carboxylic acids is 1. The number of nitrogens with two attached hydrogens (primary N) is 2. The van der Waals surface area contributed by atoms with E-state index >= 15 is 0 Å². The van der Waals surface area contributed by atoms with Crippen molar-refractivity contribution in [3.05, 3.63) is 64.4 Å². The van der Waals surface area contributed by atoms with Crippen molar-refractivity contribution in [2.75, 3.05) is 30.8 Å². The van der Waals surface area contributed by atoms with Crippen LogP contribution in [0.1, 0.15) is 32.9 Å². The van der Waals surface area contributed by atoms with Crippen molar-refractivity contribution in [2.24, 2.45) is 11.5 Å². The van der Waals surface area contributed by atoms with Crippen LogP contribution in [0.25, 0.3) is 0 Å². The molecule has 0 saturated carbocycles. The highest BCUT2D eigenvalue weighted by Gasteiger charge is 2.25. The van der Waals surface area contributed by atoms with Gasteiger partial charge in [0.25, 0.3) is 21.8 Å². The average molecular weight is 621 g/mol. The summed E-state index contributed by atoms with van der Waals surface area (Å²) in [5, 5.41) is 18.8. The summed E-state index contributed by atoms with van der Waals surface area (Å²) in [5.41, 5.74) is 11.2. The zero-order valence-electron chi connectivity index (χ0n) is 22.7. The standard InChI is InChI=1S/C26H32N6O8S2/c1-39-20-9-8-16(14-21(20)40-2)30-23(33)15-5-3-6-17(13-15)42(37,38)32-18-10-12-41-22(18)24(34)31-19(25(35)36)7-4-11-29-26(27)28/h3,5-6,8-10,12-14,19,26,29,32H,4,7,11,27-28H2,1-2H3,(H,30,33)(H,31,34)(H,35,36)/t19-/m0/s1. The van der Waals surface area contributed by atoms with Gasteiger partial charge in [0.1, 0.15) is 17.2 Å². The van der Waals surface area contributed by atoms with Crippen LogP contribution < -0.4 is 41.6 Å². The SMILES string of the molecule is COc1ccc(NC(=O)c2cccc(S(=O)(=O)Nc3ccsc3C(=O)N[C@@H](CCCNC(N)N)C(=O)O)c2)cc1OC. The molecule has 1 atom stereocenters. The van der Waals surface area contributed by atoms with Crippen molar-refractivity contribution in [1.82, 2.24) is 10.6 Å². The maximum absolute atomic E-state index is 13.2. The lowest BCUT2D eigenvalue weighted by Crippen LogP contribution is -2.46. The highest BCUT2D eigenvalue weighted by atomic mass is 32.2. The van der Waals surface area contributed by atoms with Gasteiger partial charge in [0.05, 0.1) is 24.8 Å². The summed E-state index contributed by atoms with van der Waals surface area (Å²) in [6.07, 6.45) is -0.301. The Labute approximate surface area is 246 Å². The fourth-order valence-corrected chi connectivity index (χ4v) is 5.68. The lowest BCUT2D eigenvalue weighted by Gasteiger charge is -2.16. The van der Waals surface area contributed by atoms with Gasteiger partial charge in [-0.25, -0.2) is 13.2 Å². The number of aliphatic carboxylic acids is 1. The molecule has 0 unspecified atom stereocenters. The minimum atomic E-state index is -4.25. The Morgan fingerprint density at radius 3 is 2.40 bits per heavy atom. The van der Waals surface area contributed by atoms with Crippen LogP contribution in [0, 0.1) is 0 Å². The predicted molar refractivity (Wildman–Crippen MR) is 157 cm³/mol. The number of carbonyl (C=O) groups excluding carboxylic acids is 2. The van der Waals surface area contributed by atoms with Crippen LogP contribution in [0.3, 0.4) is 0 Å². The summed E-state index contributed by atoms with van der Waals surface area (Å²) in [4.78, 5) is 37.2. The van der Waals surface area contributed by atoms with E-state index in [-0.39, 0.29) is 27.4 Å². The summed E-state index contributed by atoms with van der Waals surface area (Å²) in [6, 6.07) is 10.3. The molecule has 2 aromatic carbocycles. The first kappa shape index (κ1) is 32.3. The number of nitrogens with one attached hydrogen (secondary N) is 4. The van der Waals surface area contributed by atoms with E-state index in [2.05, 4.69) is 20.7 Å². The molecule has 226 valence electrons. The van der Waals surface area contributed by atoms with E-state index < -0.39 is 40.1 Å². The van der Waals surface area contributed by atoms with Gasteiger partial charge in [0.2, 0.25) is 0 Å². The van der Waals surface area contributed by atoms with Crippen LogP contribution in [0.4, 0.5) is 11.4 Å². The summed E-state index contributed by atoms with van der Waals surface area (Å²) in [6.45, 7) is 0.340. The van der Waals surface area contributed by atoms with Crippen molar-refractivity contribution >= 4 is 50.5 Å². The lowest BCUT2D eigenvalue weighted by atomic mass is 10.1. The molecule has 2 amide bonds. The van der Waals surface area contributed by atoms with Crippen molar-refractivity contribution < 1.29 is 37.4 Å². The first-order chi connectivity index (χ1) is 19.9. The fraction of sp³-hybridized carbons (Fsp3) is 0.269. The van der Waals surface area contributed by atoms with E-state index in [9.17, 15) is 27.9 Å². The second kappa shape index (κ2) is 14.6. The number of amides is 2. The number of methoxy groups -OCH3 is 2. The number of thiophene rings is 1. The average Bonchev–Trinajstić information content (AvgIpc) is 3.41. The summed E-state index contributed by atoms with van der Waals surface area (Å²) >= 11 is 0.934. The molecule has 16 heteroatoms. The topological polar surface area (TPSA) is 224 Å². The predicted octanol–water partition coefficient (Wildman–Crippen LogP) is 1.57. The number of ether oxygens (including phenoxy) is 2. The zero-order chi connectivity index (χ0) is 30.9. The molecule has 0 fully saturated rings. The van der Waals surface area contributed by atoms with Gasteiger partial charge in [-0.05, 0) is 61.2 Å². The number of rotatable bonds is 15. The molecular weight excluding hydrogens is 588 g/mol. The molecule has 42 heavy (non-hydrogen) atoms. The quantitative estimate of drug-likeness (QED) is 0.0953. The largest absolute Gasteiger partial charge is 0.493 e. The molecule has 1 heterocycles. The molecule has 0 spiro atoms. The van der Waals surface area contributed by atoms with Gasteiger partial charge in [-0.15, -0.1) is 11.3 Å². The number of benzene rings is 2. The third-order valence-corrected chi connectivity index (χ3v) is 8.09. The molecule has 0 saturated heterocycles. The maximum atomic E-state index is 13.2. The van der Waals surface area contributed by atoms with Crippen LogP contribution in [-0.4, -0.2) is 64.4 Å². The van der Waals surface area contributed by atoms with Gasteiger partial charge < -0.3 is 36.7 Å². The first-order valence-corrected chi connectivity index (χ1v) is 14.8. The van der Waals surface area contributed by atoms with Crippen LogP contribution in [0.5, 0.6) is 11.5 Å². The van der Waals surface area contributed by atoms with Crippen molar-refractivity contribution in [3.8, 4) is 11.5 Å². The van der Waals surface area contributed by atoms with Gasteiger partial charge in [-0.2, -0.15) is 0 Å². The molecule has 14 nitrogen and oxygen atoms in total. The molecule has 0 aliphatic rings. The number of anilines is 2. The summed E-state index contributed by atoms with van der Waals surface area (Å²) < 4.78 is 39.2. The van der Waals surface area contributed by atoms with Gasteiger partial charge >= 0.3 is 5.97 Å². The zero-order valence-corrected chi connectivity index (χ0v) is 24.4. The van der Waals surface area contributed by atoms with Crippen LogP contribution in [-0.2, 0) is 14.8 Å². The number of carboxylic acid groups (broad SMARTS) is 1. The number of carbonyl (C=O) groups is 3. The highest BCUT2D eigenvalue weighted by molar-refractivity contribution is 7.92. The van der Waals surface area contributed by atoms with E-state index in [1.54, 1.807) is 18.2 Å². The summed E-state index contributed by atoms with van der Waals surface area (Å²) in [5.74, 6) is -1.71. The monoisotopic (exact) mass is 620 g/mol. The first-order valence-electron chi connectivity index (χ1n) is 12.5. The van der Waals surface area contributed by atoms with E-state index in [1.807, 2.05) is 0 Å². The Hall–Kier alpha value is -4.22. The van der Waals surface area contributed by atoms with Crippen LogP contribution >= 0.6 is 11.3 Å². The lowest BCUT2D eigenvalue weighted by molar-refractivity contribution is -0.139. The Morgan fingerprint density at radius 1 is 1.00 bits per heavy atom. The minimum absolute atomic E-state index is 0.0331. The highest BCUT2D eigenvalue weighted by Crippen LogP contribution is 2.30. The van der Waals surface area contributed by atoms with Gasteiger partial charge in [0.15, 0.2) is 11.5 Å². The van der Waals surface area contributed by atoms with E-state index in [0.29, 0.717) is 30.2 Å². The maximum Gasteiger partial charge on any atom is 0.326 e. The molecule has 0 radical (unpaired) electrons. The second-order valence-corrected chi connectivity index (χ2v) is 11.4. The van der Waals surface area contributed by atoms with Gasteiger partial charge in [0, 0.05) is 17.3 Å². The molecule has 3 aromatic rings. The Morgan fingerprint density at radius 2 is 1.74 bits per heavy atom. The Balaban J connectivity index is 1.72. The Bertz CT molecular complexity index is 1530. The minimum Gasteiger partial charge on any atom is -0.493 e. The van der Waals surface area contributed by atoms with Crippen molar-refractivity contribution in [2.45, 2.75) is 30.1 Å². The second-order valence-electron chi connectivity index (χ2n) is 8.81. The fourth-order valence-electron chi connectivity index (χ4n) is 3.75. The smallest absolute Gasteiger partial charge is 0.326 e. The normalized spacial score (nSPS) is 11.9. The third kappa shape index (κ3) is 8.64. The summed E-state index contributed by atoms with van der Waals surface area (Å²) in [7, 11) is -1.31. The van der Waals surface area contributed by atoms with Crippen LogP contribution in [0.2, 0.25) is 0 Å². The molecule has 1 aromatic heterocycles. The molecule has 9 N–H and O–H groups in total. The van der Waals surface area contributed by atoms with Crippen molar-refractivity contribution in [1.29, 1.82) is 0 Å². The number of hydrogen-bond donors (Lipinski definition) is 7. The number of hydrogen-bond acceptors (Lipinski definition) is 11. The molecule has 0 aliphatic heterocycles. The van der Waals surface area contributed by atoms with E-state index in [4.69, 9.17) is 20.9 Å². The molecule has 0 aliphatic carbocycles. The Kier molecular flexibility index (Phi) is 11.2. The molecule has 3 rings (SSSR count). The molecule has 0 bridgehead atoms. The van der Waals surface area contributed by atoms with Gasteiger partial charge in [-0.3, -0.25) is 19.6 Å². The third-order valence-electron chi connectivity index (χ3n) is 5.82.